The summed E-state index contributed by atoms with van der Waals surface area (Å²) < 4.78 is 5.61. The topological polar surface area (TPSA) is 63.2 Å². The molecule has 0 aromatic carbocycles. The lowest BCUT2D eigenvalue weighted by molar-refractivity contribution is 0.279. The van der Waals surface area contributed by atoms with Crippen molar-refractivity contribution in [1.29, 1.82) is 0 Å². The van der Waals surface area contributed by atoms with E-state index in [1.807, 2.05) is 25.9 Å². The minimum atomic E-state index is 0.408. The van der Waals surface area contributed by atoms with Crippen molar-refractivity contribution in [1.82, 2.24) is 15.0 Å². The second-order valence-corrected chi connectivity index (χ2v) is 4.75. The van der Waals surface area contributed by atoms with Crippen molar-refractivity contribution < 1.29 is 4.74 Å². The minimum absolute atomic E-state index is 0.408. The predicted molar refractivity (Wildman–Crippen MR) is 71.2 cm³/mol. The van der Waals surface area contributed by atoms with Gasteiger partial charge in [-0.1, -0.05) is 12.8 Å². The van der Waals surface area contributed by atoms with Gasteiger partial charge in [0.1, 0.15) is 0 Å². The van der Waals surface area contributed by atoms with Crippen LogP contribution in [0.3, 0.4) is 0 Å². The first-order chi connectivity index (χ1) is 8.69. The summed E-state index contributed by atoms with van der Waals surface area (Å²) in [6.07, 6.45) is 3.78. The molecule has 1 heterocycles. The molecule has 0 saturated heterocycles. The van der Waals surface area contributed by atoms with Gasteiger partial charge in [0.25, 0.3) is 0 Å². The molecule has 0 bridgehead atoms. The number of nitrogens with zero attached hydrogens (tertiary/aromatic N) is 4. The monoisotopic (exact) mass is 251 g/mol. The predicted octanol–water partition coefficient (Wildman–Crippen LogP) is 1.55. The fraction of sp³-hybridized carbons (Fsp3) is 0.750. The van der Waals surface area contributed by atoms with Crippen molar-refractivity contribution in [3.8, 4) is 6.01 Å². The van der Waals surface area contributed by atoms with Gasteiger partial charge in [-0.2, -0.15) is 15.0 Å². The van der Waals surface area contributed by atoms with Gasteiger partial charge in [-0.3, -0.25) is 0 Å². The van der Waals surface area contributed by atoms with Crippen LogP contribution in [0.1, 0.15) is 26.2 Å². The van der Waals surface area contributed by atoms with Gasteiger partial charge in [0.15, 0.2) is 0 Å². The number of aromatic nitrogens is 3. The minimum Gasteiger partial charge on any atom is -0.463 e. The maximum Gasteiger partial charge on any atom is 0.323 e. The van der Waals surface area contributed by atoms with Crippen LogP contribution in [0.5, 0.6) is 6.01 Å². The molecule has 0 unspecified atom stereocenters. The molecule has 2 rings (SSSR count). The van der Waals surface area contributed by atoms with E-state index in [9.17, 15) is 0 Å². The van der Waals surface area contributed by atoms with E-state index in [4.69, 9.17) is 4.74 Å². The van der Waals surface area contributed by atoms with E-state index in [1.165, 1.54) is 12.8 Å². The maximum absolute atomic E-state index is 5.61. The van der Waals surface area contributed by atoms with Crippen LogP contribution in [-0.4, -0.2) is 42.2 Å². The molecular formula is C12H21N5O. The van der Waals surface area contributed by atoms with Crippen LogP contribution in [0.4, 0.5) is 11.9 Å². The smallest absolute Gasteiger partial charge is 0.323 e. The highest BCUT2D eigenvalue weighted by Gasteiger charge is 2.21. The van der Waals surface area contributed by atoms with Gasteiger partial charge in [-0.05, 0) is 19.3 Å². The molecule has 1 aliphatic carbocycles. The van der Waals surface area contributed by atoms with Crippen LogP contribution in [0, 0.1) is 5.92 Å². The zero-order valence-electron chi connectivity index (χ0n) is 11.3. The number of anilines is 2. The molecule has 1 saturated carbocycles. The van der Waals surface area contributed by atoms with Gasteiger partial charge in [0, 0.05) is 20.6 Å². The molecule has 18 heavy (non-hydrogen) atoms. The van der Waals surface area contributed by atoms with Crippen LogP contribution >= 0.6 is 0 Å². The van der Waals surface area contributed by atoms with Crippen molar-refractivity contribution in [2.24, 2.45) is 5.92 Å². The third-order valence-corrected chi connectivity index (χ3v) is 2.79. The van der Waals surface area contributed by atoms with E-state index in [0.29, 0.717) is 24.5 Å². The molecule has 6 nitrogen and oxygen atoms in total. The first kappa shape index (κ1) is 12.9. The summed E-state index contributed by atoms with van der Waals surface area (Å²) in [5.41, 5.74) is 0. The average Bonchev–Trinajstić information content (AvgIpc) is 3.13. The Hall–Kier alpha value is -1.59. The van der Waals surface area contributed by atoms with Crippen molar-refractivity contribution >= 4 is 11.9 Å². The third-order valence-electron chi connectivity index (χ3n) is 2.79. The number of hydrogen-bond donors (Lipinski definition) is 1. The zero-order chi connectivity index (χ0) is 13.0. The highest BCUT2D eigenvalue weighted by molar-refractivity contribution is 5.36. The normalized spacial score (nSPS) is 14.4. The number of hydrogen-bond acceptors (Lipinski definition) is 6. The highest BCUT2D eigenvalue weighted by Crippen LogP contribution is 2.32. The Balaban J connectivity index is 2.00. The number of ether oxygens (including phenoxy) is 1. The molecule has 6 heteroatoms. The summed E-state index contributed by atoms with van der Waals surface area (Å²) in [5, 5.41) is 3.09. The summed E-state index contributed by atoms with van der Waals surface area (Å²) in [4.78, 5) is 14.6. The van der Waals surface area contributed by atoms with Gasteiger partial charge in [0.2, 0.25) is 11.9 Å². The molecule has 0 amide bonds. The number of nitrogens with one attached hydrogen (secondary N) is 1. The van der Waals surface area contributed by atoms with Crippen molar-refractivity contribution in [2.45, 2.75) is 26.2 Å². The van der Waals surface area contributed by atoms with Gasteiger partial charge in [-0.15, -0.1) is 0 Å². The highest BCUT2D eigenvalue weighted by atomic mass is 16.5. The fourth-order valence-electron chi connectivity index (χ4n) is 1.57. The second-order valence-electron chi connectivity index (χ2n) is 4.75. The van der Waals surface area contributed by atoms with E-state index >= 15 is 0 Å². The Morgan fingerprint density at radius 3 is 2.67 bits per heavy atom. The summed E-state index contributed by atoms with van der Waals surface area (Å²) in [7, 11) is 3.80. The molecule has 0 spiro atoms. The SMILES string of the molecule is CCNc1nc(OCCC2CC2)nc(N(C)C)n1. The van der Waals surface area contributed by atoms with Gasteiger partial charge < -0.3 is 15.0 Å². The van der Waals surface area contributed by atoms with Gasteiger partial charge >= 0.3 is 6.01 Å². The summed E-state index contributed by atoms with van der Waals surface area (Å²) in [6, 6.07) is 0.408. The Bertz CT molecular complexity index is 392. The fourth-order valence-corrected chi connectivity index (χ4v) is 1.57. The summed E-state index contributed by atoms with van der Waals surface area (Å²) >= 11 is 0. The average molecular weight is 251 g/mol. The number of rotatable bonds is 7. The van der Waals surface area contributed by atoms with Crippen molar-refractivity contribution in [2.75, 3.05) is 37.5 Å². The van der Waals surface area contributed by atoms with Crippen LogP contribution in [-0.2, 0) is 0 Å². The van der Waals surface area contributed by atoms with Gasteiger partial charge in [0.05, 0.1) is 6.61 Å². The molecule has 100 valence electrons. The Kier molecular flexibility index (Phi) is 4.17. The Labute approximate surface area is 108 Å². The zero-order valence-corrected chi connectivity index (χ0v) is 11.3. The summed E-state index contributed by atoms with van der Waals surface area (Å²) in [6.45, 7) is 3.47. The Morgan fingerprint density at radius 1 is 1.28 bits per heavy atom. The Morgan fingerprint density at radius 2 is 2.06 bits per heavy atom. The molecule has 1 N–H and O–H groups in total. The molecule has 1 aromatic rings. The van der Waals surface area contributed by atoms with E-state index in [-0.39, 0.29) is 0 Å². The van der Waals surface area contributed by atoms with Crippen LogP contribution < -0.4 is 15.0 Å². The molecule has 0 aliphatic heterocycles. The lowest BCUT2D eigenvalue weighted by Crippen LogP contribution is -2.16. The van der Waals surface area contributed by atoms with Crippen LogP contribution in [0.15, 0.2) is 0 Å². The first-order valence-corrected chi connectivity index (χ1v) is 6.49. The molecule has 1 fully saturated rings. The molecule has 0 atom stereocenters. The van der Waals surface area contributed by atoms with Gasteiger partial charge in [-0.25, -0.2) is 0 Å². The summed E-state index contributed by atoms with van der Waals surface area (Å²) in [5.74, 6) is 2.04. The first-order valence-electron chi connectivity index (χ1n) is 6.49. The lowest BCUT2D eigenvalue weighted by Gasteiger charge is -2.13. The molecule has 0 radical (unpaired) electrons. The molecule has 1 aromatic heterocycles. The molecular weight excluding hydrogens is 230 g/mol. The third kappa shape index (κ3) is 3.72. The van der Waals surface area contributed by atoms with E-state index in [0.717, 1.165) is 18.9 Å². The van der Waals surface area contributed by atoms with E-state index in [1.54, 1.807) is 0 Å². The van der Waals surface area contributed by atoms with Crippen molar-refractivity contribution in [3.63, 3.8) is 0 Å². The maximum atomic E-state index is 5.61. The molecule has 1 aliphatic rings. The second kappa shape index (κ2) is 5.84. The van der Waals surface area contributed by atoms with Crippen LogP contribution in [0.25, 0.3) is 0 Å². The van der Waals surface area contributed by atoms with E-state index < -0.39 is 0 Å². The quantitative estimate of drug-likeness (QED) is 0.793. The lowest BCUT2D eigenvalue weighted by atomic mass is 10.3. The van der Waals surface area contributed by atoms with Crippen molar-refractivity contribution in [3.05, 3.63) is 0 Å². The largest absolute Gasteiger partial charge is 0.463 e. The van der Waals surface area contributed by atoms with E-state index in [2.05, 4.69) is 20.3 Å². The van der Waals surface area contributed by atoms with Crippen LogP contribution in [0.2, 0.25) is 0 Å². The standard InChI is InChI=1S/C12H21N5O/c1-4-13-10-14-11(17(2)3)16-12(15-10)18-8-7-9-5-6-9/h9H,4-8H2,1-3H3,(H,13,14,15,16).